The topological polar surface area (TPSA) is 17.8 Å². The Kier molecular flexibility index (Phi) is 5.98. The first-order valence-corrected chi connectivity index (χ1v) is 6.30. The van der Waals surface area contributed by atoms with E-state index in [0.29, 0.717) is 0 Å². The van der Waals surface area contributed by atoms with Crippen LogP contribution in [0.2, 0.25) is 0 Å². The molecule has 3 aromatic rings. The van der Waals surface area contributed by atoms with Gasteiger partial charge in [-0.05, 0) is 12.1 Å². The summed E-state index contributed by atoms with van der Waals surface area (Å²) in [5.74, 6) is 0. The highest BCUT2D eigenvalue weighted by Gasteiger charge is 2.05. The molecule has 0 saturated heterocycles. The van der Waals surface area contributed by atoms with Gasteiger partial charge in [-0.3, -0.25) is 4.98 Å². The summed E-state index contributed by atoms with van der Waals surface area (Å²) < 4.78 is 2.18. The second-order valence-electron chi connectivity index (χ2n) is 3.94. The lowest BCUT2D eigenvalue weighted by atomic mass is 10.2. The predicted octanol–water partition coefficient (Wildman–Crippen LogP) is 4.89. The zero-order valence-electron chi connectivity index (χ0n) is 11.9. The molecule has 0 atom stereocenters. The molecule has 2 aromatic heterocycles. The van der Waals surface area contributed by atoms with Crippen LogP contribution in [0.15, 0.2) is 81.2 Å². The van der Waals surface area contributed by atoms with Gasteiger partial charge in [0.25, 0.3) is 0 Å². The summed E-state index contributed by atoms with van der Waals surface area (Å²) in [6, 6.07) is 10.5. The zero-order valence-corrected chi connectivity index (χ0v) is 11.9. The summed E-state index contributed by atoms with van der Waals surface area (Å²) in [6.07, 6.45) is 7.03. The van der Waals surface area contributed by atoms with Gasteiger partial charge in [-0.2, -0.15) is 0 Å². The van der Waals surface area contributed by atoms with Crippen molar-refractivity contribution in [3.8, 4) is 0 Å². The average molecular weight is 264 g/mol. The van der Waals surface area contributed by atoms with Gasteiger partial charge in [-0.25, -0.2) is 0 Å². The number of hydrogen-bond donors (Lipinski definition) is 0. The van der Waals surface area contributed by atoms with Crippen molar-refractivity contribution in [1.29, 1.82) is 0 Å². The third kappa shape index (κ3) is 3.04. The fourth-order valence-electron chi connectivity index (χ4n) is 2.00. The minimum Gasteiger partial charge on any atom is -0.342 e. The first-order valence-electron chi connectivity index (χ1n) is 6.30. The number of allylic oxidation sites excluding steroid dienone is 2. The second kappa shape index (κ2) is 7.74. The predicted molar refractivity (Wildman–Crippen MR) is 89.9 cm³/mol. The van der Waals surface area contributed by atoms with E-state index in [0.717, 1.165) is 0 Å². The number of hydrogen-bond acceptors (Lipinski definition) is 1. The maximum absolute atomic E-state index is 4.15. The molecule has 0 saturated carbocycles. The fourth-order valence-corrected chi connectivity index (χ4v) is 2.00. The van der Waals surface area contributed by atoms with Gasteiger partial charge >= 0.3 is 0 Å². The van der Waals surface area contributed by atoms with Crippen molar-refractivity contribution in [2.75, 3.05) is 0 Å². The minimum atomic E-state index is 1.19. The van der Waals surface area contributed by atoms with E-state index in [2.05, 4.69) is 73.2 Å². The molecule has 1 aromatic carbocycles. The summed E-state index contributed by atoms with van der Waals surface area (Å²) in [5.41, 5.74) is 2.45. The smallest absolute Gasteiger partial charge is 0.0675 e. The molecule has 0 fully saturated rings. The Morgan fingerprint density at radius 3 is 2.20 bits per heavy atom. The molecule has 0 N–H and O–H groups in total. The molecule has 2 nitrogen and oxygen atoms in total. The maximum Gasteiger partial charge on any atom is 0.0675 e. The summed E-state index contributed by atoms with van der Waals surface area (Å²) in [6.45, 7) is 12.7. The van der Waals surface area contributed by atoms with Crippen LogP contribution in [0.25, 0.3) is 21.8 Å². The van der Waals surface area contributed by atoms with Crippen LogP contribution in [0, 0.1) is 0 Å². The van der Waals surface area contributed by atoms with Crippen LogP contribution in [0.4, 0.5) is 0 Å². The lowest BCUT2D eigenvalue weighted by molar-refractivity contribution is 1.01. The van der Waals surface area contributed by atoms with Crippen molar-refractivity contribution in [2.24, 2.45) is 7.05 Å². The highest BCUT2D eigenvalue weighted by molar-refractivity contribution is 6.07. The number of benzene rings is 1. The van der Waals surface area contributed by atoms with Crippen LogP contribution in [0.1, 0.15) is 0 Å². The molecule has 3 rings (SSSR count). The lowest BCUT2D eigenvalue weighted by Crippen LogP contribution is -1.85. The molecule has 0 amide bonds. The number of nitrogens with zero attached hydrogens (tertiary/aromatic N) is 2. The molecule has 0 spiro atoms. The summed E-state index contributed by atoms with van der Waals surface area (Å²) in [4.78, 5) is 4.15. The highest BCUT2D eigenvalue weighted by atomic mass is 14.9. The Bertz CT molecular complexity index is 648. The molecular weight excluding hydrogens is 244 g/mol. The van der Waals surface area contributed by atoms with E-state index >= 15 is 0 Å². The van der Waals surface area contributed by atoms with Gasteiger partial charge in [0.05, 0.1) is 11.7 Å². The van der Waals surface area contributed by atoms with Crippen molar-refractivity contribution < 1.29 is 0 Å². The van der Waals surface area contributed by atoms with Crippen LogP contribution in [-0.4, -0.2) is 9.55 Å². The maximum atomic E-state index is 4.15. The van der Waals surface area contributed by atoms with Crippen molar-refractivity contribution in [2.45, 2.75) is 0 Å². The van der Waals surface area contributed by atoms with Gasteiger partial charge in [-0.15, -0.1) is 13.2 Å². The van der Waals surface area contributed by atoms with Crippen LogP contribution in [-0.2, 0) is 7.05 Å². The molecule has 102 valence electrons. The molecular formula is C18H20N2. The summed E-state index contributed by atoms with van der Waals surface area (Å²) >= 11 is 0. The summed E-state index contributed by atoms with van der Waals surface area (Å²) in [7, 11) is 2.08. The molecule has 0 aliphatic rings. The standard InChI is InChI=1S/C12H10N2.C4H6.C2H4/c1-14-11-5-3-2-4-9(11)10-6-7-13-8-12(10)14;1-3-4-2;1-2/h2-8H,1H3;3-4H,1-2H2;1-2H2. The number of para-hydroxylation sites is 1. The molecule has 20 heavy (non-hydrogen) atoms. The largest absolute Gasteiger partial charge is 0.342 e. The van der Waals surface area contributed by atoms with Gasteiger partial charge in [0, 0.05) is 29.5 Å². The summed E-state index contributed by atoms with van der Waals surface area (Å²) in [5, 5.41) is 2.57. The molecule has 0 unspecified atom stereocenters. The first-order chi connectivity index (χ1) is 9.79. The van der Waals surface area contributed by atoms with Crippen molar-refractivity contribution in [1.82, 2.24) is 9.55 Å². The normalized spacial score (nSPS) is 9.05. The molecule has 0 radical (unpaired) electrons. The van der Waals surface area contributed by atoms with Crippen molar-refractivity contribution >= 4 is 21.8 Å². The number of pyridine rings is 1. The molecule has 2 heterocycles. The molecule has 0 bridgehead atoms. The van der Waals surface area contributed by atoms with Gasteiger partial charge in [0.2, 0.25) is 0 Å². The molecule has 2 heteroatoms. The Hall–Kier alpha value is -2.61. The molecule has 0 aliphatic carbocycles. The zero-order chi connectivity index (χ0) is 15.0. The van der Waals surface area contributed by atoms with E-state index in [-0.39, 0.29) is 0 Å². The van der Waals surface area contributed by atoms with E-state index in [1.807, 2.05) is 12.4 Å². The fraction of sp³-hybridized carbons (Fsp3) is 0.0556. The van der Waals surface area contributed by atoms with Crippen LogP contribution in [0.3, 0.4) is 0 Å². The van der Waals surface area contributed by atoms with E-state index in [1.165, 1.54) is 21.8 Å². The quantitative estimate of drug-likeness (QED) is 0.452. The van der Waals surface area contributed by atoms with Gasteiger partial charge in [0.15, 0.2) is 0 Å². The second-order valence-corrected chi connectivity index (χ2v) is 3.94. The van der Waals surface area contributed by atoms with E-state index in [9.17, 15) is 0 Å². The Labute approximate surface area is 120 Å². The third-order valence-corrected chi connectivity index (χ3v) is 2.88. The van der Waals surface area contributed by atoms with Crippen LogP contribution in [0.5, 0.6) is 0 Å². The number of fused-ring (bicyclic) bond motifs is 3. The Morgan fingerprint density at radius 1 is 0.950 bits per heavy atom. The van der Waals surface area contributed by atoms with Crippen LogP contribution >= 0.6 is 0 Å². The molecule has 0 aliphatic heterocycles. The van der Waals surface area contributed by atoms with E-state index in [4.69, 9.17) is 0 Å². The van der Waals surface area contributed by atoms with E-state index in [1.54, 1.807) is 12.2 Å². The van der Waals surface area contributed by atoms with Gasteiger partial charge in [-0.1, -0.05) is 43.5 Å². The van der Waals surface area contributed by atoms with Crippen molar-refractivity contribution in [3.05, 3.63) is 81.2 Å². The SMILES string of the molecule is C=C.C=CC=C.Cn1c2ccccc2c2ccncc21. The van der Waals surface area contributed by atoms with Gasteiger partial charge in [0.1, 0.15) is 0 Å². The average Bonchev–Trinajstić information content (AvgIpc) is 2.84. The number of rotatable bonds is 1. The Morgan fingerprint density at radius 2 is 1.55 bits per heavy atom. The lowest BCUT2D eigenvalue weighted by Gasteiger charge is -1.95. The third-order valence-electron chi connectivity index (χ3n) is 2.88. The first kappa shape index (κ1) is 15.4. The number of aryl methyl sites for hydroxylation is 1. The van der Waals surface area contributed by atoms with Crippen molar-refractivity contribution in [3.63, 3.8) is 0 Å². The van der Waals surface area contributed by atoms with Crippen LogP contribution < -0.4 is 0 Å². The minimum absolute atomic E-state index is 1.19. The number of aromatic nitrogens is 2. The Balaban J connectivity index is 0.000000291. The van der Waals surface area contributed by atoms with Gasteiger partial charge < -0.3 is 4.57 Å². The van der Waals surface area contributed by atoms with E-state index < -0.39 is 0 Å². The highest BCUT2D eigenvalue weighted by Crippen LogP contribution is 2.26. The monoisotopic (exact) mass is 264 g/mol.